The Kier molecular flexibility index (Phi) is 3.34. The van der Waals surface area contributed by atoms with E-state index in [1.165, 1.54) is 0 Å². The Hall–Kier alpha value is -1.36. The molecule has 1 aliphatic heterocycles. The van der Waals surface area contributed by atoms with Crippen molar-refractivity contribution in [1.29, 1.82) is 0 Å². The summed E-state index contributed by atoms with van der Waals surface area (Å²) in [5, 5.41) is 3.26. The van der Waals surface area contributed by atoms with E-state index in [1.54, 1.807) is 13.2 Å². The Balaban J connectivity index is 1.96. The molecule has 1 unspecified atom stereocenters. The predicted molar refractivity (Wildman–Crippen MR) is 53.9 cm³/mol. The highest BCUT2D eigenvalue weighted by Gasteiger charge is 2.15. The number of nitrogens with zero attached hydrogens (tertiary/aromatic N) is 2. The molecule has 15 heavy (non-hydrogen) atoms. The summed E-state index contributed by atoms with van der Waals surface area (Å²) in [6, 6.07) is 1.91. The van der Waals surface area contributed by atoms with Crippen molar-refractivity contribution in [1.82, 2.24) is 15.3 Å². The minimum atomic E-state index is 0.152. The van der Waals surface area contributed by atoms with Gasteiger partial charge in [0, 0.05) is 12.6 Å². The zero-order valence-corrected chi connectivity index (χ0v) is 8.69. The number of methoxy groups -OCH3 is 1. The Labute approximate surface area is 88.8 Å². The number of rotatable bonds is 3. The van der Waals surface area contributed by atoms with Crippen LogP contribution in [0, 0.1) is 6.20 Å². The average molecular weight is 208 g/mol. The highest BCUT2D eigenvalue weighted by molar-refractivity contribution is 5.10. The summed E-state index contributed by atoms with van der Waals surface area (Å²) >= 11 is 0. The van der Waals surface area contributed by atoms with Gasteiger partial charge in [-0.15, -0.1) is 0 Å². The van der Waals surface area contributed by atoms with Crippen molar-refractivity contribution in [3.63, 3.8) is 0 Å². The molecule has 2 heterocycles. The quantitative estimate of drug-likeness (QED) is 0.780. The van der Waals surface area contributed by atoms with E-state index < -0.39 is 0 Å². The molecule has 81 valence electrons. The first-order chi connectivity index (χ1) is 7.38. The van der Waals surface area contributed by atoms with Gasteiger partial charge in [0.05, 0.1) is 7.11 Å². The Morgan fingerprint density at radius 1 is 1.60 bits per heavy atom. The van der Waals surface area contributed by atoms with Crippen molar-refractivity contribution in [2.45, 2.75) is 18.9 Å². The van der Waals surface area contributed by atoms with Crippen LogP contribution in [0.5, 0.6) is 11.9 Å². The van der Waals surface area contributed by atoms with Crippen molar-refractivity contribution < 1.29 is 9.47 Å². The standard InChI is InChI=1S/C10H14N3O2/c1-14-9-4-6-12-10(13-9)15-8-3-2-5-11-7-8/h4,8,11H,2-3,5,7H2,1H3. The summed E-state index contributed by atoms with van der Waals surface area (Å²) in [7, 11) is 1.56. The van der Waals surface area contributed by atoms with Gasteiger partial charge in [-0.05, 0) is 19.4 Å². The highest BCUT2D eigenvalue weighted by atomic mass is 16.5. The molecule has 1 radical (unpaired) electrons. The highest BCUT2D eigenvalue weighted by Crippen LogP contribution is 2.13. The Bertz CT molecular complexity index is 313. The molecule has 1 saturated heterocycles. The van der Waals surface area contributed by atoms with Crippen LogP contribution in [-0.4, -0.2) is 36.3 Å². The van der Waals surface area contributed by atoms with Gasteiger partial charge >= 0.3 is 6.01 Å². The monoisotopic (exact) mass is 208 g/mol. The molecule has 1 aliphatic rings. The summed E-state index contributed by atoms with van der Waals surface area (Å²) in [5.74, 6) is 0.476. The maximum absolute atomic E-state index is 5.60. The Morgan fingerprint density at radius 3 is 3.27 bits per heavy atom. The van der Waals surface area contributed by atoms with Crippen LogP contribution >= 0.6 is 0 Å². The lowest BCUT2D eigenvalue weighted by Gasteiger charge is -2.22. The van der Waals surface area contributed by atoms with Crippen molar-refractivity contribution in [3.05, 3.63) is 12.3 Å². The maximum atomic E-state index is 5.60. The van der Waals surface area contributed by atoms with Gasteiger partial charge in [-0.2, -0.15) is 9.97 Å². The fourth-order valence-corrected chi connectivity index (χ4v) is 1.52. The maximum Gasteiger partial charge on any atom is 0.320 e. The van der Waals surface area contributed by atoms with E-state index in [0.29, 0.717) is 11.9 Å². The third-order valence-corrected chi connectivity index (χ3v) is 2.29. The van der Waals surface area contributed by atoms with E-state index in [2.05, 4.69) is 21.5 Å². The molecule has 5 nitrogen and oxygen atoms in total. The molecule has 5 heteroatoms. The van der Waals surface area contributed by atoms with Crippen LogP contribution in [0.1, 0.15) is 12.8 Å². The number of piperidine rings is 1. The average Bonchev–Trinajstić information content (AvgIpc) is 2.31. The summed E-state index contributed by atoms with van der Waals surface area (Å²) in [5.41, 5.74) is 0. The second-order valence-corrected chi connectivity index (χ2v) is 3.41. The third kappa shape index (κ3) is 2.79. The molecule has 1 aromatic heterocycles. The van der Waals surface area contributed by atoms with Gasteiger partial charge in [-0.3, -0.25) is 0 Å². The molecule has 0 bridgehead atoms. The van der Waals surface area contributed by atoms with Crippen LogP contribution in [-0.2, 0) is 0 Å². The molecule has 0 saturated carbocycles. The van der Waals surface area contributed by atoms with Crippen molar-refractivity contribution in [3.8, 4) is 11.9 Å². The van der Waals surface area contributed by atoms with Crippen LogP contribution < -0.4 is 14.8 Å². The SMILES string of the molecule is COc1c[c]nc(OC2CCCNC2)n1. The summed E-state index contributed by atoms with van der Waals surface area (Å²) < 4.78 is 10.6. The van der Waals surface area contributed by atoms with Crippen LogP contribution in [0.2, 0.25) is 0 Å². The number of nitrogens with one attached hydrogen (secondary N) is 1. The number of hydrogen-bond acceptors (Lipinski definition) is 5. The summed E-state index contributed by atoms with van der Waals surface area (Å²) in [6.07, 6.45) is 5.00. The molecule has 1 fully saturated rings. The largest absolute Gasteiger partial charge is 0.481 e. The molecule has 0 aliphatic carbocycles. The van der Waals surface area contributed by atoms with Gasteiger partial charge < -0.3 is 14.8 Å². The van der Waals surface area contributed by atoms with E-state index in [0.717, 1.165) is 25.9 Å². The summed E-state index contributed by atoms with van der Waals surface area (Å²) in [6.45, 7) is 1.91. The van der Waals surface area contributed by atoms with E-state index in [9.17, 15) is 0 Å². The van der Waals surface area contributed by atoms with Gasteiger partial charge in [0.2, 0.25) is 5.88 Å². The number of aromatic nitrogens is 2. The smallest absolute Gasteiger partial charge is 0.320 e. The van der Waals surface area contributed by atoms with Crippen LogP contribution in [0.15, 0.2) is 6.07 Å². The number of hydrogen-bond donors (Lipinski definition) is 1. The van der Waals surface area contributed by atoms with Gasteiger partial charge in [-0.1, -0.05) is 0 Å². The molecule has 0 aromatic carbocycles. The first-order valence-corrected chi connectivity index (χ1v) is 5.05. The fourth-order valence-electron chi connectivity index (χ4n) is 1.52. The van der Waals surface area contributed by atoms with Crippen molar-refractivity contribution in [2.75, 3.05) is 20.2 Å². The zero-order valence-electron chi connectivity index (χ0n) is 8.69. The minimum Gasteiger partial charge on any atom is -0.481 e. The van der Waals surface area contributed by atoms with Gasteiger partial charge in [0.15, 0.2) is 0 Å². The lowest BCUT2D eigenvalue weighted by atomic mass is 10.1. The van der Waals surface area contributed by atoms with Crippen LogP contribution in [0.25, 0.3) is 0 Å². The van der Waals surface area contributed by atoms with Gasteiger partial charge in [-0.25, -0.2) is 0 Å². The molecule has 1 atom stereocenters. The molecule has 1 aromatic rings. The first-order valence-electron chi connectivity index (χ1n) is 5.05. The predicted octanol–water partition coefficient (Wildman–Crippen LogP) is 0.416. The van der Waals surface area contributed by atoms with Gasteiger partial charge in [0.1, 0.15) is 12.3 Å². The Morgan fingerprint density at radius 2 is 2.53 bits per heavy atom. The van der Waals surface area contributed by atoms with Crippen LogP contribution in [0.3, 0.4) is 0 Å². The zero-order chi connectivity index (χ0) is 10.5. The number of ether oxygens (including phenoxy) is 2. The fraction of sp³-hybridized carbons (Fsp3) is 0.600. The molecule has 1 N–H and O–H groups in total. The lowest BCUT2D eigenvalue weighted by molar-refractivity contribution is 0.151. The normalized spacial score (nSPS) is 21.0. The topological polar surface area (TPSA) is 56.3 Å². The van der Waals surface area contributed by atoms with Crippen LogP contribution in [0.4, 0.5) is 0 Å². The molecule has 0 amide bonds. The molecular formula is C10H14N3O2. The molecule has 2 rings (SSSR count). The van der Waals surface area contributed by atoms with Gasteiger partial charge in [0.25, 0.3) is 0 Å². The second-order valence-electron chi connectivity index (χ2n) is 3.41. The van der Waals surface area contributed by atoms with E-state index in [4.69, 9.17) is 9.47 Å². The first kappa shape index (κ1) is 10.2. The van der Waals surface area contributed by atoms with Crippen molar-refractivity contribution in [2.24, 2.45) is 0 Å². The molecular weight excluding hydrogens is 194 g/mol. The third-order valence-electron chi connectivity index (χ3n) is 2.29. The van der Waals surface area contributed by atoms with E-state index in [-0.39, 0.29) is 6.10 Å². The van der Waals surface area contributed by atoms with E-state index in [1.807, 2.05) is 0 Å². The van der Waals surface area contributed by atoms with E-state index >= 15 is 0 Å². The summed E-state index contributed by atoms with van der Waals surface area (Å²) in [4.78, 5) is 7.99. The van der Waals surface area contributed by atoms with Crippen molar-refractivity contribution >= 4 is 0 Å². The second kappa shape index (κ2) is 4.93. The minimum absolute atomic E-state index is 0.152. The lowest BCUT2D eigenvalue weighted by Crippen LogP contribution is -2.37. The molecule has 0 spiro atoms.